The van der Waals surface area contributed by atoms with Crippen LogP contribution in [0.15, 0.2) is 78.9 Å². The molecule has 0 spiro atoms. The fourth-order valence-corrected chi connectivity index (χ4v) is 2.70. The lowest BCUT2D eigenvalue weighted by Gasteiger charge is -2.13. The number of rotatable bonds is 6. The smallest absolute Gasteiger partial charge is 0.123 e. The van der Waals surface area contributed by atoms with Crippen LogP contribution in [0.4, 0.5) is 0 Å². The molecule has 1 heteroatoms. The van der Waals surface area contributed by atoms with Gasteiger partial charge in [-0.25, -0.2) is 0 Å². The first kappa shape index (κ1) is 15.4. The minimum Gasteiger partial charge on any atom is -0.489 e. The average Bonchev–Trinajstić information content (AvgIpc) is 2.61. The maximum atomic E-state index is 6.07. The van der Waals surface area contributed by atoms with Crippen LogP contribution in [0.2, 0.25) is 0 Å². The molecule has 0 unspecified atom stereocenters. The fourth-order valence-electron chi connectivity index (χ4n) is 2.70. The molecule has 0 bridgehead atoms. The van der Waals surface area contributed by atoms with E-state index in [-0.39, 0.29) is 0 Å². The van der Waals surface area contributed by atoms with Crippen LogP contribution in [0.25, 0.3) is 0 Å². The Morgan fingerprint density at radius 1 is 0.696 bits per heavy atom. The van der Waals surface area contributed by atoms with Crippen molar-refractivity contribution in [2.75, 3.05) is 0 Å². The number of hydrogen-bond acceptors (Lipinski definition) is 1. The van der Waals surface area contributed by atoms with Gasteiger partial charge in [0, 0.05) is 0 Å². The summed E-state index contributed by atoms with van der Waals surface area (Å²) in [5, 5.41) is 0. The molecule has 1 nitrogen and oxygen atoms in total. The summed E-state index contributed by atoms with van der Waals surface area (Å²) in [4.78, 5) is 0. The number of ether oxygens (including phenoxy) is 1. The third-order valence-corrected chi connectivity index (χ3v) is 3.98. The van der Waals surface area contributed by atoms with Crippen molar-refractivity contribution in [3.63, 3.8) is 0 Å². The molecule has 0 aliphatic heterocycles. The van der Waals surface area contributed by atoms with Crippen LogP contribution in [0.5, 0.6) is 5.75 Å². The van der Waals surface area contributed by atoms with E-state index in [0.29, 0.717) is 6.61 Å². The Kier molecular flexibility index (Phi) is 5.10. The molecule has 0 amide bonds. The lowest BCUT2D eigenvalue weighted by atomic mass is 10.0. The second-order valence-corrected chi connectivity index (χ2v) is 5.87. The van der Waals surface area contributed by atoms with Gasteiger partial charge in [-0.3, -0.25) is 0 Å². The highest BCUT2D eigenvalue weighted by Gasteiger charge is 2.05. The summed E-state index contributed by atoms with van der Waals surface area (Å²) in [5.41, 5.74) is 5.12. The molecule has 0 aromatic heterocycles. The Bertz CT molecular complexity index is 732. The minimum absolute atomic E-state index is 0.613. The van der Waals surface area contributed by atoms with Crippen LogP contribution >= 0.6 is 0 Å². The van der Waals surface area contributed by atoms with Gasteiger partial charge in [-0.05, 0) is 42.5 Å². The van der Waals surface area contributed by atoms with Crippen molar-refractivity contribution in [3.8, 4) is 5.75 Å². The van der Waals surface area contributed by atoms with Gasteiger partial charge >= 0.3 is 0 Å². The topological polar surface area (TPSA) is 9.23 Å². The molecule has 0 N–H and O–H groups in total. The summed E-state index contributed by atoms with van der Waals surface area (Å²) in [5.74, 6) is 0.996. The molecule has 0 atom stereocenters. The molecule has 116 valence electrons. The predicted molar refractivity (Wildman–Crippen MR) is 95.8 cm³/mol. The zero-order valence-corrected chi connectivity index (χ0v) is 13.5. The first-order valence-corrected chi connectivity index (χ1v) is 8.11. The number of aryl methyl sites for hydroxylation is 3. The highest BCUT2D eigenvalue weighted by atomic mass is 16.5. The Labute approximate surface area is 138 Å². The van der Waals surface area contributed by atoms with Crippen molar-refractivity contribution in [3.05, 3.63) is 101 Å². The predicted octanol–water partition coefficient (Wildman–Crippen LogP) is 5.36. The molecule has 3 aromatic rings. The second kappa shape index (κ2) is 7.64. The summed E-state index contributed by atoms with van der Waals surface area (Å²) in [6.07, 6.45) is 2.03. The van der Waals surface area contributed by atoms with Crippen molar-refractivity contribution in [2.24, 2.45) is 0 Å². The quantitative estimate of drug-likeness (QED) is 0.595. The van der Waals surface area contributed by atoms with E-state index in [1.54, 1.807) is 0 Å². The van der Waals surface area contributed by atoms with Crippen LogP contribution in [0, 0.1) is 6.92 Å². The maximum Gasteiger partial charge on any atom is 0.123 e. The molecule has 3 rings (SSSR count). The van der Waals surface area contributed by atoms with Gasteiger partial charge in [0.1, 0.15) is 12.4 Å². The van der Waals surface area contributed by atoms with Gasteiger partial charge in [-0.15, -0.1) is 0 Å². The average molecular weight is 302 g/mol. The monoisotopic (exact) mass is 302 g/mol. The molecule has 0 aliphatic carbocycles. The number of benzene rings is 3. The Hall–Kier alpha value is -2.54. The standard InChI is InChI=1S/C22H22O/c1-18-12-15-22(23-17-20-10-6-3-7-11-20)21(16-18)14-13-19-8-4-2-5-9-19/h2-12,15-16H,13-14,17H2,1H3. The summed E-state index contributed by atoms with van der Waals surface area (Å²) in [6, 6.07) is 27.4. The van der Waals surface area contributed by atoms with E-state index in [4.69, 9.17) is 4.74 Å². The lowest BCUT2D eigenvalue weighted by molar-refractivity contribution is 0.303. The van der Waals surface area contributed by atoms with E-state index in [0.717, 1.165) is 18.6 Å². The largest absolute Gasteiger partial charge is 0.489 e. The van der Waals surface area contributed by atoms with Crippen LogP contribution in [-0.2, 0) is 19.4 Å². The normalized spacial score (nSPS) is 10.5. The molecule has 3 aromatic carbocycles. The first-order chi connectivity index (χ1) is 11.3. The highest BCUT2D eigenvalue weighted by molar-refractivity contribution is 5.38. The van der Waals surface area contributed by atoms with Gasteiger partial charge in [0.25, 0.3) is 0 Å². The molecule has 0 saturated heterocycles. The van der Waals surface area contributed by atoms with Crippen molar-refractivity contribution in [1.82, 2.24) is 0 Å². The van der Waals surface area contributed by atoms with E-state index in [1.165, 1.54) is 22.3 Å². The third-order valence-electron chi connectivity index (χ3n) is 3.98. The minimum atomic E-state index is 0.613. The van der Waals surface area contributed by atoms with Gasteiger partial charge < -0.3 is 4.74 Å². The van der Waals surface area contributed by atoms with E-state index in [1.807, 2.05) is 18.2 Å². The summed E-state index contributed by atoms with van der Waals surface area (Å²) < 4.78 is 6.07. The van der Waals surface area contributed by atoms with Crippen molar-refractivity contribution in [1.29, 1.82) is 0 Å². The van der Waals surface area contributed by atoms with Crippen molar-refractivity contribution in [2.45, 2.75) is 26.4 Å². The molecule has 0 saturated carbocycles. The van der Waals surface area contributed by atoms with E-state index >= 15 is 0 Å². The van der Waals surface area contributed by atoms with E-state index in [2.05, 4.69) is 67.6 Å². The van der Waals surface area contributed by atoms with Crippen LogP contribution < -0.4 is 4.74 Å². The highest BCUT2D eigenvalue weighted by Crippen LogP contribution is 2.23. The van der Waals surface area contributed by atoms with Crippen LogP contribution in [0.1, 0.15) is 22.3 Å². The maximum absolute atomic E-state index is 6.07. The van der Waals surface area contributed by atoms with Crippen LogP contribution in [-0.4, -0.2) is 0 Å². The Balaban J connectivity index is 1.70. The zero-order valence-electron chi connectivity index (χ0n) is 13.5. The molecule has 0 heterocycles. The molecular weight excluding hydrogens is 280 g/mol. The Morgan fingerprint density at radius 3 is 2.04 bits per heavy atom. The lowest BCUT2D eigenvalue weighted by Crippen LogP contribution is -2.00. The van der Waals surface area contributed by atoms with Gasteiger partial charge in [0.05, 0.1) is 0 Å². The Morgan fingerprint density at radius 2 is 1.35 bits per heavy atom. The zero-order chi connectivity index (χ0) is 15.9. The van der Waals surface area contributed by atoms with E-state index < -0.39 is 0 Å². The number of hydrogen-bond donors (Lipinski definition) is 0. The summed E-state index contributed by atoms with van der Waals surface area (Å²) in [6.45, 7) is 2.75. The van der Waals surface area contributed by atoms with Gasteiger partial charge in [0.15, 0.2) is 0 Å². The molecule has 0 fully saturated rings. The molecule has 0 radical (unpaired) electrons. The fraction of sp³-hybridized carbons (Fsp3) is 0.182. The van der Waals surface area contributed by atoms with Crippen molar-refractivity contribution < 1.29 is 4.74 Å². The SMILES string of the molecule is Cc1ccc(OCc2ccccc2)c(CCc2ccccc2)c1. The molecule has 23 heavy (non-hydrogen) atoms. The van der Waals surface area contributed by atoms with Gasteiger partial charge in [-0.2, -0.15) is 0 Å². The first-order valence-electron chi connectivity index (χ1n) is 8.11. The van der Waals surface area contributed by atoms with Gasteiger partial charge in [-0.1, -0.05) is 78.4 Å². The van der Waals surface area contributed by atoms with Gasteiger partial charge in [0.2, 0.25) is 0 Å². The second-order valence-electron chi connectivity index (χ2n) is 5.87. The molecular formula is C22H22O. The van der Waals surface area contributed by atoms with Crippen molar-refractivity contribution >= 4 is 0 Å². The third kappa shape index (κ3) is 4.46. The summed E-state index contributed by atoms with van der Waals surface area (Å²) in [7, 11) is 0. The van der Waals surface area contributed by atoms with Crippen LogP contribution in [0.3, 0.4) is 0 Å². The van der Waals surface area contributed by atoms with E-state index in [9.17, 15) is 0 Å². The summed E-state index contributed by atoms with van der Waals surface area (Å²) >= 11 is 0. The molecule has 0 aliphatic rings.